The molecule has 0 fully saturated rings. The van der Waals surface area contributed by atoms with Crippen molar-refractivity contribution in [3.05, 3.63) is 30.1 Å². The first-order valence-corrected chi connectivity index (χ1v) is 6.78. The van der Waals surface area contributed by atoms with E-state index < -0.39 is 19.1 Å². The highest BCUT2D eigenvalue weighted by molar-refractivity contribution is 6.40. The van der Waals surface area contributed by atoms with Crippen LogP contribution < -0.4 is 0 Å². The van der Waals surface area contributed by atoms with Crippen molar-refractivity contribution in [2.24, 2.45) is 0 Å². The minimum atomic E-state index is -4.49. The summed E-state index contributed by atoms with van der Waals surface area (Å²) in [7, 11) is -1.36. The van der Waals surface area contributed by atoms with Crippen LogP contribution in [0.25, 0.3) is 11.0 Å². The first-order valence-electron chi connectivity index (χ1n) is 6.78. The fourth-order valence-electron chi connectivity index (χ4n) is 2.29. The Balaban J connectivity index is 2.13. The number of halogens is 3. The molecule has 2 N–H and O–H groups in total. The molecule has 0 radical (unpaired) electrons. The highest BCUT2D eigenvalue weighted by Crippen LogP contribution is 2.31. The minimum Gasteiger partial charge on any atom is -0.427 e. The lowest BCUT2D eigenvalue weighted by Gasteiger charge is -2.11. The molecule has 0 bridgehead atoms. The zero-order chi connectivity index (χ0) is 15.5. The van der Waals surface area contributed by atoms with E-state index in [4.69, 9.17) is 10.0 Å². The Morgan fingerprint density at radius 1 is 1.10 bits per heavy atom. The van der Waals surface area contributed by atoms with Crippen LogP contribution in [-0.2, 0) is 12.7 Å². The number of benzene rings is 1. The Labute approximate surface area is 120 Å². The number of fused-ring (bicyclic) bond motifs is 1. The molecule has 0 unspecified atom stereocenters. The molecule has 0 saturated heterocycles. The monoisotopic (exact) mass is 300 g/mol. The summed E-state index contributed by atoms with van der Waals surface area (Å²) in [5.41, 5.74) is 0.794. The fraction of sp³-hybridized carbons (Fsp3) is 0.462. The van der Waals surface area contributed by atoms with Crippen molar-refractivity contribution >= 4 is 18.2 Å². The van der Waals surface area contributed by atoms with Crippen molar-refractivity contribution in [3.63, 3.8) is 0 Å². The molecule has 1 heterocycles. The van der Waals surface area contributed by atoms with E-state index in [-0.39, 0.29) is 12.9 Å². The van der Waals surface area contributed by atoms with Gasteiger partial charge >= 0.3 is 13.3 Å². The first-order chi connectivity index (χ1) is 9.89. The Kier molecular flexibility index (Phi) is 4.90. The van der Waals surface area contributed by atoms with Crippen molar-refractivity contribution < 1.29 is 23.2 Å². The van der Waals surface area contributed by atoms with Crippen LogP contribution in [0.5, 0.6) is 0 Å². The summed E-state index contributed by atoms with van der Waals surface area (Å²) in [5, 5.41) is 17.4. The van der Waals surface area contributed by atoms with Gasteiger partial charge in [0.15, 0.2) is 0 Å². The number of alkyl halides is 3. The summed E-state index contributed by atoms with van der Waals surface area (Å²) in [6.07, 6.45) is -2.54. The second-order valence-electron chi connectivity index (χ2n) is 4.90. The van der Waals surface area contributed by atoms with Gasteiger partial charge in [-0.3, -0.25) is 0 Å². The van der Waals surface area contributed by atoms with E-state index in [1.807, 2.05) is 0 Å². The number of rotatable bonds is 6. The molecule has 2 rings (SSSR count). The van der Waals surface area contributed by atoms with Gasteiger partial charge in [0.1, 0.15) is 0 Å². The van der Waals surface area contributed by atoms with Gasteiger partial charge < -0.3 is 14.6 Å². The molecule has 0 aliphatic heterocycles. The zero-order valence-electron chi connectivity index (χ0n) is 11.3. The molecule has 1 aromatic heterocycles. The number of aryl methyl sites for hydroxylation is 1. The van der Waals surface area contributed by atoms with Gasteiger partial charge in [0.2, 0.25) is 5.82 Å². The lowest BCUT2D eigenvalue weighted by Crippen LogP contribution is -2.15. The molecule has 1 aromatic carbocycles. The lowest BCUT2D eigenvalue weighted by molar-refractivity contribution is -0.146. The summed E-state index contributed by atoms with van der Waals surface area (Å²) >= 11 is 0. The number of hydrogen-bond donors (Lipinski definition) is 2. The highest BCUT2D eigenvalue weighted by Gasteiger charge is 2.37. The topological polar surface area (TPSA) is 58.3 Å². The Bertz CT molecular complexity index is 599. The molecule has 0 saturated carbocycles. The third kappa shape index (κ3) is 3.98. The average Bonchev–Trinajstić information content (AvgIpc) is 2.77. The summed E-state index contributed by atoms with van der Waals surface area (Å²) < 4.78 is 40.2. The predicted octanol–water partition coefficient (Wildman–Crippen LogP) is 2.70. The van der Waals surface area contributed by atoms with E-state index in [0.717, 1.165) is 0 Å². The molecule has 0 atom stereocenters. The van der Waals surface area contributed by atoms with Gasteiger partial charge in [-0.25, -0.2) is 4.98 Å². The van der Waals surface area contributed by atoms with Crippen molar-refractivity contribution in [1.29, 1.82) is 0 Å². The van der Waals surface area contributed by atoms with Crippen molar-refractivity contribution in [1.82, 2.24) is 9.55 Å². The van der Waals surface area contributed by atoms with Gasteiger partial charge in [0.05, 0.1) is 11.0 Å². The minimum absolute atomic E-state index is 0.205. The summed E-state index contributed by atoms with van der Waals surface area (Å²) in [6, 6.07) is 6.52. The molecular formula is C13H16BF3N2O2. The van der Waals surface area contributed by atoms with Gasteiger partial charge in [-0.2, -0.15) is 13.2 Å². The predicted molar refractivity (Wildman–Crippen MR) is 73.6 cm³/mol. The lowest BCUT2D eigenvalue weighted by atomic mass is 9.83. The largest absolute Gasteiger partial charge is 0.451 e. The molecule has 8 heteroatoms. The second-order valence-corrected chi connectivity index (χ2v) is 4.90. The van der Waals surface area contributed by atoms with Gasteiger partial charge in [0.25, 0.3) is 0 Å². The number of imidazole rings is 1. The zero-order valence-corrected chi connectivity index (χ0v) is 11.3. The number of aromatic nitrogens is 2. The molecule has 0 aliphatic rings. The van der Waals surface area contributed by atoms with Crippen molar-refractivity contribution in [2.75, 3.05) is 0 Å². The quantitative estimate of drug-likeness (QED) is 0.637. The molecule has 2 aromatic rings. The maximum Gasteiger partial charge on any atom is 0.451 e. The maximum absolute atomic E-state index is 13.0. The van der Waals surface area contributed by atoms with Gasteiger partial charge in [-0.1, -0.05) is 25.0 Å². The Morgan fingerprint density at radius 2 is 1.81 bits per heavy atom. The molecule has 0 amide bonds. The highest BCUT2D eigenvalue weighted by atomic mass is 19.4. The molecule has 21 heavy (non-hydrogen) atoms. The van der Waals surface area contributed by atoms with E-state index in [1.54, 1.807) is 24.3 Å². The van der Waals surface area contributed by atoms with E-state index in [1.165, 1.54) is 4.57 Å². The normalized spacial score (nSPS) is 12.0. The van der Waals surface area contributed by atoms with E-state index in [0.29, 0.717) is 30.3 Å². The number of hydrogen-bond acceptors (Lipinski definition) is 3. The van der Waals surface area contributed by atoms with Crippen LogP contribution in [0, 0.1) is 0 Å². The van der Waals surface area contributed by atoms with E-state index in [2.05, 4.69) is 4.98 Å². The summed E-state index contributed by atoms with van der Waals surface area (Å²) in [6.45, 7) is 0.205. The van der Waals surface area contributed by atoms with Crippen LogP contribution in [0.1, 0.15) is 25.1 Å². The van der Waals surface area contributed by atoms with Crippen LogP contribution in [0.15, 0.2) is 24.3 Å². The molecule has 114 valence electrons. The van der Waals surface area contributed by atoms with Gasteiger partial charge in [0, 0.05) is 6.54 Å². The van der Waals surface area contributed by atoms with Crippen LogP contribution >= 0.6 is 0 Å². The van der Waals surface area contributed by atoms with E-state index >= 15 is 0 Å². The van der Waals surface area contributed by atoms with Crippen LogP contribution in [0.4, 0.5) is 13.2 Å². The van der Waals surface area contributed by atoms with Crippen molar-refractivity contribution in [2.45, 2.75) is 38.3 Å². The Morgan fingerprint density at radius 3 is 2.48 bits per heavy atom. The standard InChI is InChI=1S/C13H16BF3N2O2/c15-13(16,17)12-18-10-6-2-3-7-11(10)19(12)9-5-1-4-8-14(20)21/h2-3,6-7,20-21H,1,4-5,8-9H2. The molecule has 0 aliphatic carbocycles. The maximum atomic E-state index is 13.0. The first kappa shape index (κ1) is 15.8. The van der Waals surface area contributed by atoms with Crippen molar-refractivity contribution in [3.8, 4) is 0 Å². The summed E-state index contributed by atoms with van der Waals surface area (Å²) in [5.74, 6) is -0.883. The SMILES string of the molecule is OB(O)CCCCCn1c(C(F)(F)F)nc2ccccc21. The number of para-hydroxylation sites is 2. The molecule has 0 spiro atoms. The summed E-state index contributed by atoms with van der Waals surface area (Å²) in [4.78, 5) is 3.67. The van der Waals surface area contributed by atoms with Gasteiger partial charge in [-0.15, -0.1) is 0 Å². The average molecular weight is 300 g/mol. The van der Waals surface area contributed by atoms with Gasteiger partial charge in [-0.05, 0) is 24.9 Å². The second kappa shape index (κ2) is 6.49. The Hall–Kier alpha value is -1.54. The third-order valence-electron chi connectivity index (χ3n) is 3.25. The molecular weight excluding hydrogens is 284 g/mol. The third-order valence-corrected chi connectivity index (χ3v) is 3.25. The number of nitrogens with zero attached hydrogens (tertiary/aromatic N) is 2. The van der Waals surface area contributed by atoms with Crippen LogP contribution in [0.3, 0.4) is 0 Å². The smallest absolute Gasteiger partial charge is 0.427 e. The fourth-order valence-corrected chi connectivity index (χ4v) is 2.29. The molecule has 4 nitrogen and oxygen atoms in total. The van der Waals surface area contributed by atoms with Crippen LogP contribution in [0.2, 0.25) is 6.32 Å². The van der Waals surface area contributed by atoms with Crippen LogP contribution in [-0.4, -0.2) is 26.7 Å². The van der Waals surface area contributed by atoms with E-state index in [9.17, 15) is 13.2 Å². The number of unbranched alkanes of at least 4 members (excludes halogenated alkanes) is 2.